The number of amides is 3. The first-order chi connectivity index (χ1) is 11.6. The molecule has 3 heterocycles. The molecule has 0 aliphatic carbocycles. The minimum Gasteiger partial charge on any atom is -0.338 e. The molecule has 2 N–H and O–H groups in total. The quantitative estimate of drug-likeness (QED) is 0.775. The predicted molar refractivity (Wildman–Crippen MR) is 82.5 cm³/mol. The van der Waals surface area contributed by atoms with Gasteiger partial charge in [-0.05, 0) is 18.6 Å². The average molecular weight is 325 g/mol. The van der Waals surface area contributed by atoms with Gasteiger partial charge in [0.05, 0.1) is 5.41 Å². The molecule has 1 aromatic heterocycles. The summed E-state index contributed by atoms with van der Waals surface area (Å²) >= 11 is 0. The van der Waals surface area contributed by atoms with Crippen LogP contribution in [-0.4, -0.2) is 50.9 Å². The van der Waals surface area contributed by atoms with Crippen LogP contribution in [0.5, 0.6) is 0 Å². The van der Waals surface area contributed by atoms with E-state index in [2.05, 4.69) is 20.5 Å². The van der Waals surface area contributed by atoms with Crippen molar-refractivity contribution in [1.29, 1.82) is 0 Å². The van der Waals surface area contributed by atoms with Gasteiger partial charge in [0.25, 0.3) is 5.91 Å². The zero-order valence-corrected chi connectivity index (χ0v) is 12.8. The molecular weight excluding hydrogens is 310 g/mol. The van der Waals surface area contributed by atoms with E-state index in [0.29, 0.717) is 24.4 Å². The van der Waals surface area contributed by atoms with Crippen LogP contribution in [0.15, 0.2) is 30.6 Å². The number of rotatable bonds is 2. The van der Waals surface area contributed by atoms with Crippen LogP contribution >= 0.6 is 0 Å². The van der Waals surface area contributed by atoms with Crippen molar-refractivity contribution in [2.24, 2.45) is 5.41 Å². The number of nitrogens with one attached hydrogen (secondary N) is 2. The lowest BCUT2D eigenvalue weighted by atomic mass is 9.85. The molecule has 8 nitrogen and oxygen atoms in total. The Morgan fingerprint density at radius 3 is 2.62 bits per heavy atom. The highest BCUT2D eigenvalue weighted by Gasteiger charge is 2.51. The lowest BCUT2D eigenvalue weighted by Crippen LogP contribution is -2.36. The average Bonchev–Trinajstić information content (AvgIpc) is 3.29. The molecule has 8 heteroatoms. The molecule has 4 rings (SSSR count). The number of likely N-dealkylation sites (tertiary alicyclic amines) is 1. The Hall–Kier alpha value is -3.03. The Balaban J connectivity index is 1.51. The Kier molecular flexibility index (Phi) is 3.19. The summed E-state index contributed by atoms with van der Waals surface area (Å²) in [6.07, 6.45) is 2.11. The number of H-pyrrole nitrogens is 1. The normalized spacial score (nSPS) is 23.1. The maximum absolute atomic E-state index is 12.6. The van der Waals surface area contributed by atoms with E-state index in [1.807, 2.05) is 0 Å². The number of imide groups is 1. The smallest absolute Gasteiger partial charge is 0.253 e. The molecular formula is C16H15N5O3. The lowest BCUT2D eigenvalue weighted by molar-refractivity contribution is -0.128. The van der Waals surface area contributed by atoms with Crippen LogP contribution in [0.4, 0.5) is 0 Å². The van der Waals surface area contributed by atoms with Crippen LogP contribution in [0.3, 0.4) is 0 Å². The van der Waals surface area contributed by atoms with Crippen LogP contribution in [0.1, 0.15) is 23.2 Å². The van der Waals surface area contributed by atoms with E-state index in [-0.39, 0.29) is 30.7 Å². The molecule has 1 aromatic carbocycles. The first-order valence-electron chi connectivity index (χ1n) is 7.67. The fourth-order valence-electron chi connectivity index (χ4n) is 3.36. The molecule has 0 radical (unpaired) electrons. The second kappa shape index (κ2) is 5.26. The van der Waals surface area contributed by atoms with Crippen molar-refractivity contribution in [2.75, 3.05) is 13.1 Å². The van der Waals surface area contributed by atoms with Crippen molar-refractivity contribution in [3.05, 3.63) is 36.2 Å². The Morgan fingerprint density at radius 1 is 1.21 bits per heavy atom. The van der Waals surface area contributed by atoms with Crippen LogP contribution in [0, 0.1) is 5.41 Å². The van der Waals surface area contributed by atoms with Crippen molar-refractivity contribution in [3.63, 3.8) is 0 Å². The second-order valence-corrected chi connectivity index (χ2v) is 6.22. The number of benzene rings is 1. The standard InChI is InChI=1S/C16H15N5O3/c22-12-7-16(15(24)19-12)5-6-21(8-16)14(23)11-3-1-10(2-4-11)13-17-9-18-20-13/h1-4,9H,5-8H2,(H,17,18,20)(H,19,22,24)/t16-/m0/s1. The highest BCUT2D eigenvalue weighted by molar-refractivity contribution is 6.06. The van der Waals surface area contributed by atoms with Gasteiger partial charge in [-0.25, -0.2) is 4.98 Å². The number of carbonyl (C=O) groups is 3. The van der Waals surface area contributed by atoms with Gasteiger partial charge in [-0.1, -0.05) is 12.1 Å². The molecule has 0 saturated carbocycles. The maximum atomic E-state index is 12.6. The number of aromatic nitrogens is 3. The summed E-state index contributed by atoms with van der Waals surface area (Å²) < 4.78 is 0. The van der Waals surface area contributed by atoms with Crippen molar-refractivity contribution in [1.82, 2.24) is 25.4 Å². The molecule has 2 fully saturated rings. The van der Waals surface area contributed by atoms with E-state index < -0.39 is 5.41 Å². The zero-order chi connectivity index (χ0) is 16.7. The fraction of sp³-hybridized carbons (Fsp3) is 0.312. The van der Waals surface area contributed by atoms with Crippen molar-refractivity contribution in [2.45, 2.75) is 12.8 Å². The Labute approximate surface area is 137 Å². The monoisotopic (exact) mass is 325 g/mol. The Bertz CT molecular complexity index is 815. The molecule has 2 saturated heterocycles. The van der Waals surface area contributed by atoms with Gasteiger partial charge in [-0.2, -0.15) is 5.10 Å². The van der Waals surface area contributed by atoms with Gasteiger partial charge < -0.3 is 4.90 Å². The van der Waals surface area contributed by atoms with Gasteiger partial charge >= 0.3 is 0 Å². The zero-order valence-electron chi connectivity index (χ0n) is 12.8. The molecule has 2 aliphatic heterocycles. The molecule has 0 unspecified atom stereocenters. The van der Waals surface area contributed by atoms with Crippen molar-refractivity contribution < 1.29 is 14.4 Å². The summed E-state index contributed by atoms with van der Waals surface area (Å²) in [4.78, 5) is 41.8. The van der Waals surface area contributed by atoms with Gasteiger partial charge in [0, 0.05) is 30.6 Å². The van der Waals surface area contributed by atoms with Crippen LogP contribution < -0.4 is 5.32 Å². The topological polar surface area (TPSA) is 108 Å². The maximum Gasteiger partial charge on any atom is 0.253 e. The molecule has 24 heavy (non-hydrogen) atoms. The third-order valence-electron chi connectivity index (χ3n) is 4.69. The summed E-state index contributed by atoms with van der Waals surface area (Å²) in [5.41, 5.74) is 0.634. The molecule has 3 amide bonds. The highest BCUT2D eigenvalue weighted by Crippen LogP contribution is 2.38. The van der Waals surface area contributed by atoms with Crippen LogP contribution in [-0.2, 0) is 9.59 Å². The van der Waals surface area contributed by atoms with Gasteiger partial charge in [-0.15, -0.1) is 0 Å². The van der Waals surface area contributed by atoms with E-state index in [1.54, 1.807) is 29.2 Å². The molecule has 122 valence electrons. The third-order valence-corrected chi connectivity index (χ3v) is 4.69. The lowest BCUT2D eigenvalue weighted by Gasteiger charge is -2.20. The molecule has 1 spiro atoms. The second-order valence-electron chi connectivity index (χ2n) is 6.22. The molecule has 0 bridgehead atoms. The number of hydrogen-bond acceptors (Lipinski definition) is 5. The molecule has 2 aliphatic rings. The number of nitrogens with zero attached hydrogens (tertiary/aromatic N) is 3. The molecule has 2 aromatic rings. The largest absolute Gasteiger partial charge is 0.338 e. The fourth-order valence-corrected chi connectivity index (χ4v) is 3.36. The van der Waals surface area contributed by atoms with E-state index in [9.17, 15) is 14.4 Å². The summed E-state index contributed by atoms with van der Waals surface area (Å²) in [5.74, 6) is -0.0208. The first-order valence-corrected chi connectivity index (χ1v) is 7.67. The number of aromatic amines is 1. The summed E-state index contributed by atoms with van der Waals surface area (Å²) in [5, 5.41) is 8.90. The van der Waals surface area contributed by atoms with Gasteiger partial charge in [0.15, 0.2) is 5.82 Å². The minimum atomic E-state index is -0.744. The molecule has 1 atom stereocenters. The van der Waals surface area contributed by atoms with Crippen LogP contribution in [0.2, 0.25) is 0 Å². The summed E-state index contributed by atoms with van der Waals surface area (Å²) in [6, 6.07) is 7.05. The van der Waals surface area contributed by atoms with E-state index in [1.165, 1.54) is 6.33 Å². The van der Waals surface area contributed by atoms with E-state index in [4.69, 9.17) is 0 Å². The third kappa shape index (κ3) is 2.27. The van der Waals surface area contributed by atoms with E-state index >= 15 is 0 Å². The van der Waals surface area contributed by atoms with Crippen molar-refractivity contribution in [3.8, 4) is 11.4 Å². The summed E-state index contributed by atoms with van der Waals surface area (Å²) in [7, 11) is 0. The summed E-state index contributed by atoms with van der Waals surface area (Å²) in [6.45, 7) is 0.761. The van der Waals surface area contributed by atoms with Gasteiger partial charge in [0.1, 0.15) is 6.33 Å². The minimum absolute atomic E-state index is 0.136. The Morgan fingerprint density at radius 2 is 2.00 bits per heavy atom. The number of carbonyl (C=O) groups excluding carboxylic acids is 3. The predicted octanol–water partition coefficient (Wildman–Crippen LogP) is 0.350. The number of hydrogen-bond donors (Lipinski definition) is 2. The first kappa shape index (κ1) is 14.6. The SMILES string of the molecule is O=C1C[C@]2(CCN(C(=O)c3ccc(-c4ncn[nH]4)cc3)C2)C(=O)N1. The van der Waals surface area contributed by atoms with Crippen LogP contribution in [0.25, 0.3) is 11.4 Å². The van der Waals surface area contributed by atoms with Gasteiger partial charge in [-0.3, -0.25) is 24.8 Å². The highest BCUT2D eigenvalue weighted by atomic mass is 16.2. The van der Waals surface area contributed by atoms with Crippen molar-refractivity contribution >= 4 is 17.7 Å². The van der Waals surface area contributed by atoms with E-state index in [0.717, 1.165) is 5.56 Å². The van der Waals surface area contributed by atoms with Gasteiger partial charge in [0.2, 0.25) is 11.8 Å².